The van der Waals surface area contributed by atoms with E-state index in [1.807, 2.05) is 28.8 Å². The molecule has 0 radical (unpaired) electrons. The number of hydrogen-bond acceptors (Lipinski definition) is 6. The van der Waals surface area contributed by atoms with E-state index in [0.29, 0.717) is 35.1 Å². The highest BCUT2D eigenvalue weighted by Crippen LogP contribution is 2.31. The summed E-state index contributed by atoms with van der Waals surface area (Å²) in [6, 6.07) is 11.8. The highest BCUT2D eigenvalue weighted by molar-refractivity contribution is 6.31. The second kappa shape index (κ2) is 7.92. The number of para-hydroxylation sites is 2. The number of ketones is 1. The Hall–Kier alpha value is -3.39. The zero-order valence-corrected chi connectivity index (χ0v) is 16.1. The van der Waals surface area contributed by atoms with Crippen LogP contribution in [0.2, 0.25) is 5.02 Å². The molecule has 0 saturated heterocycles. The third-order valence-corrected chi connectivity index (χ3v) is 4.71. The standard InChI is InChI=1S/C20H15ClFN5O2/c1-2-14(28)10-23-19-18(25-29-26-19)20-24-16-5-3-4-6-17(16)27(20)11-12-7-8-13(22)9-15(12)21/h3-10H,2,11H2,1H3/b23-10+. The van der Waals surface area contributed by atoms with Gasteiger partial charge >= 0.3 is 0 Å². The van der Waals surface area contributed by atoms with E-state index in [1.165, 1.54) is 18.3 Å². The lowest BCUT2D eigenvalue weighted by molar-refractivity contribution is -0.112. The third kappa shape index (κ3) is 3.79. The van der Waals surface area contributed by atoms with Crippen LogP contribution in [-0.4, -0.2) is 31.9 Å². The Bertz CT molecular complexity index is 1230. The van der Waals surface area contributed by atoms with Gasteiger partial charge in [0.15, 0.2) is 17.3 Å². The van der Waals surface area contributed by atoms with E-state index < -0.39 is 5.82 Å². The molecule has 0 aliphatic carbocycles. The molecule has 29 heavy (non-hydrogen) atoms. The van der Waals surface area contributed by atoms with E-state index >= 15 is 0 Å². The van der Waals surface area contributed by atoms with Crippen molar-refractivity contribution < 1.29 is 13.8 Å². The molecule has 2 heterocycles. The molecule has 2 aromatic heterocycles. The highest BCUT2D eigenvalue weighted by Gasteiger charge is 2.21. The van der Waals surface area contributed by atoms with Crippen molar-refractivity contribution in [3.63, 3.8) is 0 Å². The molecular weight excluding hydrogens is 397 g/mol. The number of benzene rings is 2. The minimum absolute atomic E-state index is 0.147. The summed E-state index contributed by atoms with van der Waals surface area (Å²) in [4.78, 5) is 20.3. The van der Waals surface area contributed by atoms with Gasteiger partial charge in [-0.05, 0) is 40.1 Å². The lowest BCUT2D eigenvalue weighted by Gasteiger charge is -2.10. The van der Waals surface area contributed by atoms with Gasteiger partial charge in [0.2, 0.25) is 5.82 Å². The topological polar surface area (TPSA) is 86.2 Å². The van der Waals surface area contributed by atoms with Crippen molar-refractivity contribution in [2.24, 2.45) is 4.99 Å². The van der Waals surface area contributed by atoms with Crippen LogP contribution in [0.25, 0.3) is 22.6 Å². The van der Waals surface area contributed by atoms with Gasteiger partial charge in [-0.3, -0.25) is 4.79 Å². The number of carbonyl (C=O) groups excluding carboxylic acids is 1. The maximum Gasteiger partial charge on any atom is 0.228 e. The average molecular weight is 412 g/mol. The number of aromatic nitrogens is 4. The van der Waals surface area contributed by atoms with Gasteiger partial charge in [-0.1, -0.05) is 36.7 Å². The molecule has 0 saturated carbocycles. The summed E-state index contributed by atoms with van der Waals surface area (Å²) in [5.74, 6) is 0.0374. The summed E-state index contributed by atoms with van der Waals surface area (Å²) in [5, 5.41) is 8.02. The molecule has 4 aromatic rings. The maximum absolute atomic E-state index is 13.4. The first-order valence-electron chi connectivity index (χ1n) is 8.86. The van der Waals surface area contributed by atoms with Gasteiger partial charge in [-0.25, -0.2) is 19.0 Å². The highest BCUT2D eigenvalue weighted by atomic mass is 35.5. The van der Waals surface area contributed by atoms with Gasteiger partial charge in [-0.2, -0.15) is 0 Å². The molecule has 0 aliphatic heterocycles. The van der Waals surface area contributed by atoms with Crippen molar-refractivity contribution in [1.82, 2.24) is 19.9 Å². The first kappa shape index (κ1) is 18.9. The molecular formula is C20H15ClFN5O2. The number of rotatable bonds is 6. The van der Waals surface area contributed by atoms with Crippen molar-refractivity contribution >= 4 is 40.5 Å². The molecule has 7 nitrogen and oxygen atoms in total. The molecule has 0 N–H and O–H groups in total. The number of nitrogens with zero attached hydrogens (tertiary/aromatic N) is 5. The van der Waals surface area contributed by atoms with Crippen molar-refractivity contribution in [3.05, 3.63) is 58.9 Å². The lowest BCUT2D eigenvalue weighted by Crippen LogP contribution is -2.03. The molecule has 0 atom stereocenters. The molecule has 4 rings (SSSR count). The number of hydrogen-bond donors (Lipinski definition) is 0. The van der Waals surface area contributed by atoms with Crippen LogP contribution in [0, 0.1) is 5.82 Å². The van der Waals surface area contributed by atoms with E-state index in [0.717, 1.165) is 11.0 Å². The minimum Gasteiger partial charge on any atom is -0.318 e. The molecule has 0 aliphatic rings. The number of aliphatic imine (C=N–C) groups is 1. The zero-order chi connectivity index (χ0) is 20.4. The van der Waals surface area contributed by atoms with Crippen LogP contribution in [0.3, 0.4) is 0 Å². The van der Waals surface area contributed by atoms with Crippen LogP contribution < -0.4 is 0 Å². The number of fused-ring (bicyclic) bond motifs is 1. The molecule has 0 spiro atoms. The quantitative estimate of drug-likeness (QED) is 0.432. The van der Waals surface area contributed by atoms with Gasteiger partial charge in [0.25, 0.3) is 0 Å². The van der Waals surface area contributed by atoms with Gasteiger partial charge in [0.1, 0.15) is 5.82 Å². The summed E-state index contributed by atoms with van der Waals surface area (Å²) >= 11 is 6.23. The Labute approximate surface area is 169 Å². The Morgan fingerprint density at radius 2 is 2.10 bits per heavy atom. The first-order chi connectivity index (χ1) is 14.1. The number of halogens is 2. The Morgan fingerprint density at radius 3 is 2.90 bits per heavy atom. The monoisotopic (exact) mass is 411 g/mol. The van der Waals surface area contributed by atoms with Gasteiger partial charge < -0.3 is 4.57 Å². The van der Waals surface area contributed by atoms with Gasteiger partial charge in [0, 0.05) is 11.4 Å². The molecule has 9 heteroatoms. The molecule has 0 unspecified atom stereocenters. The molecule has 0 amide bonds. The summed E-state index contributed by atoms with van der Waals surface area (Å²) in [6.07, 6.45) is 1.51. The fourth-order valence-electron chi connectivity index (χ4n) is 2.87. The summed E-state index contributed by atoms with van der Waals surface area (Å²) < 4.78 is 20.2. The predicted molar refractivity (Wildman–Crippen MR) is 107 cm³/mol. The summed E-state index contributed by atoms with van der Waals surface area (Å²) in [7, 11) is 0. The fraction of sp³-hybridized carbons (Fsp3) is 0.150. The lowest BCUT2D eigenvalue weighted by atomic mass is 10.2. The smallest absolute Gasteiger partial charge is 0.228 e. The number of Topliss-reactive ketones (excluding diaryl/α,β-unsaturated/α-hetero) is 1. The van der Waals surface area contributed by atoms with Crippen LogP contribution in [0.5, 0.6) is 0 Å². The van der Waals surface area contributed by atoms with Crippen LogP contribution in [-0.2, 0) is 11.3 Å². The van der Waals surface area contributed by atoms with Crippen molar-refractivity contribution in [3.8, 4) is 11.5 Å². The maximum atomic E-state index is 13.4. The molecule has 0 fully saturated rings. The van der Waals surface area contributed by atoms with E-state index in [-0.39, 0.29) is 11.6 Å². The number of carbonyl (C=O) groups is 1. The first-order valence-corrected chi connectivity index (χ1v) is 9.23. The largest absolute Gasteiger partial charge is 0.318 e. The Morgan fingerprint density at radius 1 is 1.28 bits per heavy atom. The molecule has 146 valence electrons. The van der Waals surface area contributed by atoms with Crippen molar-refractivity contribution in [2.45, 2.75) is 19.9 Å². The average Bonchev–Trinajstić information content (AvgIpc) is 3.32. The van der Waals surface area contributed by atoms with Gasteiger partial charge in [0.05, 0.1) is 23.8 Å². The minimum atomic E-state index is -0.410. The second-order valence-electron chi connectivity index (χ2n) is 6.26. The Kier molecular flexibility index (Phi) is 5.18. The van der Waals surface area contributed by atoms with Crippen molar-refractivity contribution in [2.75, 3.05) is 0 Å². The summed E-state index contributed by atoms with van der Waals surface area (Å²) in [5.41, 5.74) is 2.55. The predicted octanol–water partition coefficient (Wildman–Crippen LogP) is 4.61. The van der Waals surface area contributed by atoms with Crippen molar-refractivity contribution in [1.29, 1.82) is 0 Å². The SMILES string of the molecule is CCC(=O)/C=N/c1nonc1-c1nc2ccccc2n1Cc1ccc(F)cc1Cl. The molecule has 0 bridgehead atoms. The van der Waals surface area contributed by atoms with Gasteiger partial charge in [-0.15, -0.1) is 0 Å². The fourth-order valence-corrected chi connectivity index (χ4v) is 3.10. The van der Waals surface area contributed by atoms with E-state index in [1.54, 1.807) is 13.0 Å². The zero-order valence-electron chi connectivity index (χ0n) is 15.3. The summed E-state index contributed by atoms with van der Waals surface area (Å²) in [6.45, 7) is 2.06. The number of imidazole rings is 1. The van der Waals surface area contributed by atoms with Crippen LogP contribution >= 0.6 is 11.6 Å². The second-order valence-corrected chi connectivity index (χ2v) is 6.67. The normalized spacial score (nSPS) is 11.6. The van der Waals surface area contributed by atoms with Crippen LogP contribution in [0.15, 0.2) is 52.1 Å². The van der Waals surface area contributed by atoms with Crippen LogP contribution in [0.1, 0.15) is 18.9 Å². The Balaban J connectivity index is 1.84. The van der Waals surface area contributed by atoms with E-state index in [4.69, 9.17) is 16.2 Å². The van der Waals surface area contributed by atoms with Crippen LogP contribution in [0.4, 0.5) is 10.2 Å². The van der Waals surface area contributed by atoms with E-state index in [9.17, 15) is 9.18 Å². The van der Waals surface area contributed by atoms with E-state index in [2.05, 4.69) is 20.3 Å². The molecule has 2 aromatic carbocycles. The third-order valence-electron chi connectivity index (χ3n) is 4.36.